The third kappa shape index (κ3) is 4.77. The second-order valence-corrected chi connectivity index (χ2v) is 6.36. The summed E-state index contributed by atoms with van der Waals surface area (Å²) in [5, 5.41) is 13.2. The van der Waals surface area contributed by atoms with Crippen LogP contribution in [-0.2, 0) is 22.1 Å². The Labute approximate surface area is 125 Å². The van der Waals surface area contributed by atoms with Gasteiger partial charge in [-0.05, 0) is 24.6 Å². The summed E-state index contributed by atoms with van der Waals surface area (Å²) in [7, 11) is 0.358. The van der Waals surface area contributed by atoms with Crippen LogP contribution in [0.1, 0.15) is 22.8 Å². The Morgan fingerprint density at radius 2 is 2.20 bits per heavy atom. The minimum atomic E-state index is -0.885. The monoisotopic (exact) mass is 319 g/mol. The Bertz CT molecular complexity index is 521. The number of ether oxygens (including phenoxy) is 1. The standard InChI is InChI=1S/C13H18ClNO4S/c1-8(7-20(3)18)15-6-9-4-10(13(17)19-2)12(16)5-11(9)14/h4-5,8,15-16H,6-7H2,1-3H3. The molecule has 1 aromatic carbocycles. The first kappa shape index (κ1) is 16.9. The molecule has 0 amide bonds. The van der Waals surface area contributed by atoms with Crippen molar-refractivity contribution >= 4 is 28.4 Å². The number of methoxy groups -OCH3 is 1. The number of benzene rings is 1. The van der Waals surface area contributed by atoms with Crippen LogP contribution in [0.4, 0.5) is 0 Å². The van der Waals surface area contributed by atoms with Crippen LogP contribution in [0.2, 0.25) is 5.02 Å². The summed E-state index contributed by atoms with van der Waals surface area (Å²) < 4.78 is 15.7. The van der Waals surface area contributed by atoms with Crippen LogP contribution in [0.25, 0.3) is 0 Å². The number of carbonyl (C=O) groups is 1. The molecule has 0 saturated carbocycles. The second-order valence-electron chi connectivity index (χ2n) is 4.47. The molecule has 20 heavy (non-hydrogen) atoms. The van der Waals surface area contributed by atoms with E-state index >= 15 is 0 Å². The van der Waals surface area contributed by atoms with Crippen LogP contribution in [-0.4, -0.2) is 40.4 Å². The van der Waals surface area contributed by atoms with Crippen LogP contribution in [0.3, 0.4) is 0 Å². The van der Waals surface area contributed by atoms with E-state index in [2.05, 4.69) is 10.1 Å². The van der Waals surface area contributed by atoms with E-state index in [9.17, 15) is 14.1 Å². The molecule has 2 atom stereocenters. The molecule has 0 spiro atoms. The zero-order valence-electron chi connectivity index (χ0n) is 11.6. The molecule has 0 radical (unpaired) electrons. The van der Waals surface area contributed by atoms with Gasteiger partial charge in [-0.25, -0.2) is 4.79 Å². The van der Waals surface area contributed by atoms with Crippen LogP contribution < -0.4 is 5.32 Å². The predicted molar refractivity (Wildman–Crippen MR) is 79.7 cm³/mol. The number of carbonyl (C=O) groups excluding carboxylic acids is 1. The van der Waals surface area contributed by atoms with Gasteiger partial charge < -0.3 is 15.2 Å². The van der Waals surface area contributed by atoms with E-state index in [0.29, 0.717) is 22.9 Å². The molecule has 112 valence electrons. The third-order valence-electron chi connectivity index (χ3n) is 2.70. The average molecular weight is 320 g/mol. The van der Waals surface area contributed by atoms with Gasteiger partial charge in [0.15, 0.2) is 0 Å². The number of esters is 1. The van der Waals surface area contributed by atoms with Gasteiger partial charge in [-0.2, -0.15) is 0 Å². The van der Waals surface area contributed by atoms with Gasteiger partial charge in [0, 0.05) is 40.4 Å². The molecule has 0 heterocycles. The summed E-state index contributed by atoms with van der Waals surface area (Å²) in [6.07, 6.45) is 1.64. The highest BCUT2D eigenvalue weighted by molar-refractivity contribution is 7.84. The first-order valence-corrected chi connectivity index (χ1v) is 8.08. The summed E-state index contributed by atoms with van der Waals surface area (Å²) in [6.45, 7) is 2.32. The minimum absolute atomic E-state index is 0.0484. The first-order chi connectivity index (χ1) is 9.35. The van der Waals surface area contributed by atoms with Gasteiger partial charge in [0.05, 0.1) is 7.11 Å². The molecule has 0 bridgehead atoms. The van der Waals surface area contributed by atoms with Crippen molar-refractivity contribution in [3.63, 3.8) is 0 Å². The van der Waals surface area contributed by atoms with Gasteiger partial charge >= 0.3 is 5.97 Å². The molecule has 0 aliphatic rings. The van der Waals surface area contributed by atoms with Crippen molar-refractivity contribution in [3.05, 3.63) is 28.3 Å². The largest absolute Gasteiger partial charge is 0.507 e. The Hall–Kier alpha value is -1.11. The number of hydrogen-bond donors (Lipinski definition) is 2. The van der Waals surface area contributed by atoms with Gasteiger partial charge in [0.2, 0.25) is 0 Å². The Kier molecular flexibility index (Phi) is 6.45. The average Bonchev–Trinajstić information content (AvgIpc) is 2.36. The number of halogens is 1. The summed E-state index contributed by atoms with van der Waals surface area (Å²) in [5.74, 6) is -0.309. The summed E-state index contributed by atoms with van der Waals surface area (Å²) >= 11 is 6.03. The van der Waals surface area contributed by atoms with Crippen molar-refractivity contribution in [3.8, 4) is 5.75 Å². The summed E-state index contributed by atoms with van der Waals surface area (Å²) in [4.78, 5) is 11.5. The Balaban J connectivity index is 2.84. The Morgan fingerprint density at radius 3 is 2.75 bits per heavy atom. The molecule has 1 aromatic rings. The molecule has 1 rings (SSSR count). The van der Waals surface area contributed by atoms with E-state index in [-0.39, 0.29) is 17.4 Å². The number of phenolic OH excluding ortho intramolecular Hbond substituents is 1. The molecule has 2 unspecified atom stereocenters. The topological polar surface area (TPSA) is 75.6 Å². The molecule has 0 saturated heterocycles. The molecule has 0 aromatic heterocycles. The molecule has 0 aliphatic heterocycles. The molecular weight excluding hydrogens is 302 g/mol. The highest BCUT2D eigenvalue weighted by Crippen LogP contribution is 2.27. The number of aromatic hydroxyl groups is 1. The molecule has 5 nitrogen and oxygen atoms in total. The molecule has 7 heteroatoms. The van der Waals surface area contributed by atoms with E-state index in [1.54, 1.807) is 6.26 Å². The lowest BCUT2D eigenvalue weighted by molar-refractivity contribution is 0.0597. The zero-order chi connectivity index (χ0) is 15.3. The van der Waals surface area contributed by atoms with E-state index in [1.807, 2.05) is 6.92 Å². The maximum Gasteiger partial charge on any atom is 0.341 e. The van der Waals surface area contributed by atoms with Crippen LogP contribution in [0.5, 0.6) is 5.75 Å². The van der Waals surface area contributed by atoms with Gasteiger partial charge in [-0.1, -0.05) is 11.6 Å². The molecular formula is C13H18ClNO4S. The molecule has 2 N–H and O–H groups in total. The van der Waals surface area contributed by atoms with Crippen molar-refractivity contribution in [1.29, 1.82) is 0 Å². The third-order valence-corrected chi connectivity index (χ3v) is 4.02. The van der Waals surface area contributed by atoms with Crippen molar-refractivity contribution in [1.82, 2.24) is 5.32 Å². The maximum absolute atomic E-state index is 11.5. The second kappa shape index (κ2) is 7.61. The number of nitrogens with one attached hydrogen (secondary N) is 1. The van der Waals surface area contributed by atoms with Gasteiger partial charge in [0.25, 0.3) is 0 Å². The normalized spacial score (nSPS) is 13.8. The first-order valence-electron chi connectivity index (χ1n) is 5.98. The van der Waals surface area contributed by atoms with Gasteiger partial charge in [-0.3, -0.25) is 4.21 Å². The van der Waals surface area contributed by atoms with E-state index in [1.165, 1.54) is 19.2 Å². The fourth-order valence-electron chi connectivity index (χ4n) is 1.71. The number of rotatable bonds is 6. The molecule has 0 fully saturated rings. The summed E-state index contributed by atoms with van der Waals surface area (Å²) in [5.41, 5.74) is 0.735. The van der Waals surface area contributed by atoms with Crippen LogP contribution >= 0.6 is 11.6 Å². The number of hydrogen-bond acceptors (Lipinski definition) is 5. The van der Waals surface area contributed by atoms with Gasteiger partial charge in [0.1, 0.15) is 11.3 Å². The maximum atomic E-state index is 11.5. The fraction of sp³-hybridized carbons (Fsp3) is 0.462. The van der Waals surface area contributed by atoms with Crippen molar-refractivity contribution in [2.24, 2.45) is 0 Å². The fourth-order valence-corrected chi connectivity index (χ4v) is 2.76. The minimum Gasteiger partial charge on any atom is -0.507 e. The SMILES string of the molecule is COC(=O)c1cc(CNC(C)CS(C)=O)c(Cl)cc1O. The van der Waals surface area contributed by atoms with E-state index < -0.39 is 16.8 Å². The smallest absolute Gasteiger partial charge is 0.341 e. The number of phenols is 1. The van der Waals surface area contributed by atoms with Gasteiger partial charge in [-0.15, -0.1) is 0 Å². The van der Waals surface area contributed by atoms with Crippen molar-refractivity contribution in [2.45, 2.75) is 19.5 Å². The lowest BCUT2D eigenvalue weighted by Gasteiger charge is -2.14. The quantitative estimate of drug-likeness (QED) is 0.780. The highest BCUT2D eigenvalue weighted by atomic mass is 35.5. The van der Waals surface area contributed by atoms with Crippen LogP contribution in [0, 0.1) is 0 Å². The predicted octanol–water partition coefficient (Wildman–Crippen LogP) is 1.69. The zero-order valence-corrected chi connectivity index (χ0v) is 13.2. The van der Waals surface area contributed by atoms with Crippen molar-refractivity contribution < 1.29 is 18.8 Å². The van der Waals surface area contributed by atoms with Crippen molar-refractivity contribution in [2.75, 3.05) is 19.1 Å². The lowest BCUT2D eigenvalue weighted by atomic mass is 10.1. The van der Waals surface area contributed by atoms with E-state index in [0.717, 1.165) is 0 Å². The van der Waals surface area contributed by atoms with E-state index in [4.69, 9.17) is 11.6 Å². The lowest BCUT2D eigenvalue weighted by Crippen LogP contribution is -2.30. The van der Waals surface area contributed by atoms with Crippen LogP contribution in [0.15, 0.2) is 12.1 Å². The molecule has 0 aliphatic carbocycles. The highest BCUT2D eigenvalue weighted by Gasteiger charge is 2.15. The summed E-state index contributed by atoms with van der Waals surface area (Å²) in [6, 6.07) is 2.85. The Morgan fingerprint density at radius 1 is 1.55 bits per heavy atom.